The second kappa shape index (κ2) is 5.75. The number of amidine groups is 1. The molecule has 88 valence electrons. The number of halogens is 1. The first-order valence-corrected chi connectivity index (χ1v) is 5.90. The summed E-state index contributed by atoms with van der Waals surface area (Å²) in [5, 5.41) is 11.7. The van der Waals surface area contributed by atoms with Crippen LogP contribution >= 0.6 is 11.8 Å². The lowest BCUT2D eigenvalue weighted by Gasteiger charge is -2.09. The summed E-state index contributed by atoms with van der Waals surface area (Å²) in [7, 11) is 0. The molecule has 0 saturated carbocycles. The Morgan fingerprint density at radius 2 is 2.31 bits per heavy atom. The van der Waals surface area contributed by atoms with E-state index in [4.69, 9.17) is 10.9 Å². The Hall–Kier alpha value is -1.23. The van der Waals surface area contributed by atoms with Gasteiger partial charge >= 0.3 is 0 Å². The number of rotatable bonds is 4. The number of nitrogens with zero attached hydrogens (tertiary/aromatic N) is 1. The molecule has 1 aromatic carbocycles. The molecule has 1 rings (SSSR count). The summed E-state index contributed by atoms with van der Waals surface area (Å²) in [6.45, 7) is 4.10. The van der Waals surface area contributed by atoms with Crippen LogP contribution in [0.15, 0.2) is 28.3 Å². The summed E-state index contributed by atoms with van der Waals surface area (Å²) in [4.78, 5) is 0.587. The fourth-order valence-corrected chi connectivity index (χ4v) is 2.03. The van der Waals surface area contributed by atoms with Gasteiger partial charge in [0.25, 0.3) is 0 Å². The highest BCUT2D eigenvalue weighted by atomic mass is 32.2. The molecule has 0 aliphatic rings. The maximum Gasteiger partial charge on any atom is 0.170 e. The van der Waals surface area contributed by atoms with Gasteiger partial charge in [-0.15, -0.1) is 11.8 Å². The molecule has 0 radical (unpaired) electrons. The topological polar surface area (TPSA) is 58.6 Å². The zero-order chi connectivity index (χ0) is 12.1. The van der Waals surface area contributed by atoms with Crippen molar-refractivity contribution in [2.24, 2.45) is 10.9 Å². The fourth-order valence-electron chi connectivity index (χ4n) is 1.11. The van der Waals surface area contributed by atoms with Crippen molar-refractivity contribution in [2.45, 2.75) is 30.4 Å². The minimum Gasteiger partial charge on any atom is -0.409 e. The molecule has 1 unspecified atom stereocenters. The molecule has 3 N–H and O–H groups in total. The summed E-state index contributed by atoms with van der Waals surface area (Å²) in [5.41, 5.74) is 5.75. The van der Waals surface area contributed by atoms with Gasteiger partial charge in [0.15, 0.2) is 5.84 Å². The molecule has 0 aliphatic heterocycles. The van der Waals surface area contributed by atoms with Crippen molar-refractivity contribution in [3.63, 3.8) is 0 Å². The molecule has 0 fully saturated rings. The van der Waals surface area contributed by atoms with E-state index in [0.29, 0.717) is 15.7 Å². The molecule has 0 aliphatic carbocycles. The van der Waals surface area contributed by atoms with Gasteiger partial charge < -0.3 is 10.9 Å². The first-order chi connectivity index (χ1) is 7.58. The van der Waals surface area contributed by atoms with Crippen LogP contribution in [0.25, 0.3) is 0 Å². The van der Waals surface area contributed by atoms with Crippen molar-refractivity contribution in [1.29, 1.82) is 0 Å². The van der Waals surface area contributed by atoms with Gasteiger partial charge in [0.2, 0.25) is 0 Å². The molecule has 0 heterocycles. The summed E-state index contributed by atoms with van der Waals surface area (Å²) in [6.07, 6.45) is 0.978. The van der Waals surface area contributed by atoms with Gasteiger partial charge in [-0.2, -0.15) is 0 Å². The molecule has 0 aromatic heterocycles. The first-order valence-electron chi connectivity index (χ1n) is 5.02. The molecule has 1 atom stereocenters. The van der Waals surface area contributed by atoms with Crippen LogP contribution in [0.4, 0.5) is 4.39 Å². The Labute approximate surface area is 98.5 Å². The van der Waals surface area contributed by atoms with Crippen molar-refractivity contribution in [2.75, 3.05) is 0 Å². The van der Waals surface area contributed by atoms with Crippen LogP contribution in [0.5, 0.6) is 0 Å². The van der Waals surface area contributed by atoms with Crippen molar-refractivity contribution in [3.05, 3.63) is 29.6 Å². The summed E-state index contributed by atoms with van der Waals surface area (Å²) < 4.78 is 13.6. The molecular formula is C11H15FN2OS. The predicted molar refractivity (Wildman–Crippen MR) is 64.5 cm³/mol. The summed E-state index contributed by atoms with van der Waals surface area (Å²) in [6, 6.07) is 4.57. The van der Waals surface area contributed by atoms with E-state index in [9.17, 15) is 4.39 Å². The molecule has 0 spiro atoms. The lowest BCUT2D eigenvalue weighted by atomic mass is 10.2. The zero-order valence-electron chi connectivity index (χ0n) is 9.27. The van der Waals surface area contributed by atoms with E-state index < -0.39 is 0 Å². The number of nitrogens with two attached hydrogens (primary N) is 1. The molecular weight excluding hydrogens is 227 g/mol. The van der Waals surface area contributed by atoms with E-state index >= 15 is 0 Å². The Bertz CT molecular complexity index is 396. The molecule has 0 saturated heterocycles. The minimum absolute atomic E-state index is 0.0843. The summed E-state index contributed by atoms with van der Waals surface area (Å²) in [5.74, 6) is -0.423. The fraction of sp³-hybridized carbons (Fsp3) is 0.364. The molecule has 3 nitrogen and oxygen atoms in total. The number of hydrogen-bond acceptors (Lipinski definition) is 3. The highest BCUT2D eigenvalue weighted by molar-refractivity contribution is 7.99. The van der Waals surface area contributed by atoms with Crippen molar-refractivity contribution < 1.29 is 9.60 Å². The van der Waals surface area contributed by atoms with Gasteiger partial charge in [0.1, 0.15) is 5.82 Å². The van der Waals surface area contributed by atoms with Crippen LogP contribution in [0.1, 0.15) is 25.8 Å². The number of hydrogen-bond donors (Lipinski definition) is 2. The Kier molecular flexibility index (Phi) is 4.61. The van der Waals surface area contributed by atoms with Crippen LogP contribution in [0, 0.1) is 5.82 Å². The normalized spacial score (nSPS) is 13.8. The first kappa shape index (κ1) is 12.8. The number of thioether (sulfide) groups is 1. The highest BCUT2D eigenvalue weighted by Crippen LogP contribution is 2.27. The Morgan fingerprint density at radius 1 is 1.62 bits per heavy atom. The van der Waals surface area contributed by atoms with E-state index in [1.165, 1.54) is 17.8 Å². The van der Waals surface area contributed by atoms with E-state index in [0.717, 1.165) is 6.42 Å². The van der Waals surface area contributed by atoms with E-state index in [1.807, 2.05) is 6.92 Å². The lowest BCUT2D eigenvalue weighted by Crippen LogP contribution is -2.13. The predicted octanol–water partition coefficient (Wildman–Crippen LogP) is 2.81. The van der Waals surface area contributed by atoms with E-state index in [-0.39, 0.29) is 11.7 Å². The molecule has 0 bridgehead atoms. The SMILES string of the molecule is CCC(C)Sc1ccc(/C(N)=N/O)cc1F. The standard InChI is InChI=1S/C11H15FN2OS/c1-3-7(2)16-10-5-4-8(6-9(10)12)11(13)14-15/h4-7,15H,3H2,1-2H3,(H2,13,14). The quantitative estimate of drug-likeness (QED) is 0.280. The van der Waals surface area contributed by atoms with Gasteiger partial charge in [-0.3, -0.25) is 0 Å². The average molecular weight is 242 g/mol. The van der Waals surface area contributed by atoms with Gasteiger partial charge in [-0.1, -0.05) is 19.0 Å². The molecule has 0 amide bonds. The Morgan fingerprint density at radius 3 is 2.81 bits per heavy atom. The second-order valence-corrected chi connectivity index (χ2v) is 4.95. The van der Waals surface area contributed by atoms with Crippen molar-refractivity contribution >= 4 is 17.6 Å². The monoisotopic (exact) mass is 242 g/mol. The third kappa shape index (κ3) is 3.13. The third-order valence-corrected chi connectivity index (χ3v) is 3.56. The summed E-state index contributed by atoms with van der Waals surface area (Å²) >= 11 is 1.48. The molecule has 1 aromatic rings. The minimum atomic E-state index is -0.339. The van der Waals surface area contributed by atoms with Crippen LogP contribution in [0.2, 0.25) is 0 Å². The lowest BCUT2D eigenvalue weighted by molar-refractivity contribution is 0.318. The van der Waals surface area contributed by atoms with Gasteiger partial charge in [0.05, 0.1) is 0 Å². The highest BCUT2D eigenvalue weighted by Gasteiger charge is 2.09. The van der Waals surface area contributed by atoms with Crippen LogP contribution in [-0.2, 0) is 0 Å². The van der Waals surface area contributed by atoms with Crippen molar-refractivity contribution in [1.82, 2.24) is 0 Å². The number of benzene rings is 1. The van der Waals surface area contributed by atoms with Crippen LogP contribution in [0.3, 0.4) is 0 Å². The smallest absolute Gasteiger partial charge is 0.170 e. The van der Waals surface area contributed by atoms with Crippen molar-refractivity contribution in [3.8, 4) is 0 Å². The van der Waals surface area contributed by atoms with E-state index in [1.54, 1.807) is 12.1 Å². The van der Waals surface area contributed by atoms with Gasteiger partial charge in [-0.25, -0.2) is 4.39 Å². The van der Waals surface area contributed by atoms with Gasteiger partial charge in [-0.05, 0) is 24.6 Å². The zero-order valence-corrected chi connectivity index (χ0v) is 10.1. The molecule has 5 heteroatoms. The maximum absolute atomic E-state index is 13.6. The van der Waals surface area contributed by atoms with Crippen LogP contribution < -0.4 is 5.73 Å². The second-order valence-electron chi connectivity index (χ2n) is 3.47. The van der Waals surface area contributed by atoms with Crippen LogP contribution in [-0.4, -0.2) is 16.3 Å². The molecule has 16 heavy (non-hydrogen) atoms. The average Bonchev–Trinajstić information content (AvgIpc) is 2.30. The van der Waals surface area contributed by atoms with Gasteiger partial charge in [0, 0.05) is 15.7 Å². The van der Waals surface area contributed by atoms with E-state index in [2.05, 4.69) is 12.1 Å². The maximum atomic E-state index is 13.6. The third-order valence-electron chi connectivity index (χ3n) is 2.24. The number of oxime groups is 1. The largest absolute Gasteiger partial charge is 0.409 e. The Balaban J connectivity index is 2.92.